The molecule has 0 N–H and O–H groups in total. The van der Waals surface area contributed by atoms with Crippen molar-refractivity contribution in [3.8, 4) is 0 Å². The zero-order valence-electron chi connectivity index (χ0n) is 10.9. The lowest BCUT2D eigenvalue weighted by molar-refractivity contribution is 0.449. The van der Waals surface area contributed by atoms with Crippen LogP contribution in [0.2, 0.25) is 0 Å². The first-order valence-electron chi connectivity index (χ1n) is 7.08. The molecule has 0 atom stereocenters. The molecule has 0 spiro atoms. The highest BCUT2D eigenvalue weighted by Crippen LogP contribution is 2.11. The highest BCUT2D eigenvalue weighted by Gasteiger charge is 1.92. The van der Waals surface area contributed by atoms with E-state index in [1.54, 1.807) is 0 Å². The Kier molecular flexibility index (Phi) is 14.4. The second-order valence-electron chi connectivity index (χ2n) is 4.66. The van der Waals surface area contributed by atoms with E-state index < -0.39 is 0 Å². The van der Waals surface area contributed by atoms with E-state index in [4.69, 9.17) is 0 Å². The maximum absolute atomic E-state index is 11.8. The van der Waals surface area contributed by atoms with Crippen molar-refractivity contribution in [2.24, 2.45) is 0 Å². The van der Waals surface area contributed by atoms with Gasteiger partial charge in [0.05, 0.1) is 6.67 Å². The summed E-state index contributed by atoms with van der Waals surface area (Å²) in [5, 5.41) is 0. The van der Waals surface area contributed by atoms with Gasteiger partial charge in [-0.05, 0) is 19.3 Å². The first kappa shape index (κ1) is 15.7. The molecule has 96 valence electrons. The molecule has 0 aromatic carbocycles. The molecule has 0 aromatic heterocycles. The second kappa shape index (κ2) is 14.7. The van der Waals surface area contributed by atoms with Crippen molar-refractivity contribution in [1.29, 1.82) is 0 Å². The summed E-state index contributed by atoms with van der Waals surface area (Å²) in [6.07, 6.45) is 17.1. The molecule has 0 bridgehead atoms. The van der Waals surface area contributed by atoms with Crippen LogP contribution < -0.4 is 0 Å². The van der Waals surface area contributed by atoms with E-state index in [1.807, 2.05) is 6.08 Å². The van der Waals surface area contributed by atoms with Gasteiger partial charge in [-0.2, -0.15) is 0 Å². The lowest BCUT2D eigenvalue weighted by Crippen LogP contribution is -1.83. The Hall–Kier alpha value is -0.330. The molecular formula is C15H29F. The number of unbranched alkanes of at least 4 members (excludes halogenated alkanes) is 11. The minimum absolute atomic E-state index is 0.134. The van der Waals surface area contributed by atoms with Crippen LogP contribution in [0.4, 0.5) is 4.39 Å². The highest BCUT2D eigenvalue weighted by molar-refractivity contribution is 4.65. The van der Waals surface area contributed by atoms with Crippen molar-refractivity contribution in [2.45, 2.75) is 77.0 Å². The molecule has 0 aromatic rings. The number of allylic oxidation sites excluding steroid dienone is 1. The van der Waals surface area contributed by atoms with Crippen LogP contribution in [-0.4, -0.2) is 6.67 Å². The third kappa shape index (κ3) is 13.7. The van der Waals surface area contributed by atoms with Gasteiger partial charge in [-0.1, -0.05) is 63.9 Å². The average molecular weight is 228 g/mol. The molecular weight excluding hydrogens is 199 g/mol. The normalized spacial score (nSPS) is 10.6. The Morgan fingerprint density at radius 2 is 1.00 bits per heavy atom. The number of halogens is 1. The maximum atomic E-state index is 11.8. The van der Waals surface area contributed by atoms with Gasteiger partial charge in [0.2, 0.25) is 0 Å². The average Bonchev–Trinajstić information content (AvgIpc) is 2.31. The molecule has 0 rings (SSSR count). The molecule has 0 heterocycles. The van der Waals surface area contributed by atoms with Gasteiger partial charge in [-0.25, -0.2) is 0 Å². The molecule has 1 heteroatoms. The van der Waals surface area contributed by atoms with Gasteiger partial charge in [-0.15, -0.1) is 6.58 Å². The van der Waals surface area contributed by atoms with Gasteiger partial charge in [-0.3, -0.25) is 4.39 Å². The minimum atomic E-state index is -0.134. The number of hydrogen-bond acceptors (Lipinski definition) is 0. The van der Waals surface area contributed by atoms with Gasteiger partial charge < -0.3 is 0 Å². The molecule has 16 heavy (non-hydrogen) atoms. The highest BCUT2D eigenvalue weighted by atomic mass is 19.1. The molecule has 0 nitrogen and oxygen atoms in total. The fourth-order valence-corrected chi connectivity index (χ4v) is 1.97. The van der Waals surface area contributed by atoms with E-state index in [-0.39, 0.29) is 6.67 Å². The van der Waals surface area contributed by atoms with E-state index >= 15 is 0 Å². The van der Waals surface area contributed by atoms with E-state index in [2.05, 4.69) is 6.58 Å². The van der Waals surface area contributed by atoms with Crippen molar-refractivity contribution in [3.05, 3.63) is 12.7 Å². The zero-order valence-corrected chi connectivity index (χ0v) is 10.9. The fourth-order valence-electron chi connectivity index (χ4n) is 1.97. The quantitative estimate of drug-likeness (QED) is 0.275. The van der Waals surface area contributed by atoms with Gasteiger partial charge in [0, 0.05) is 0 Å². The van der Waals surface area contributed by atoms with Crippen LogP contribution in [0.25, 0.3) is 0 Å². The largest absolute Gasteiger partial charge is 0.251 e. The Balaban J connectivity index is 2.85. The smallest absolute Gasteiger partial charge is 0.0894 e. The molecule has 0 radical (unpaired) electrons. The van der Waals surface area contributed by atoms with Gasteiger partial charge in [0.15, 0.2) is 0 Å². The predicted molar refractivity (Wildman–Crippen MR) is 71.6 cm³/mol. The van der Waals surface area contributed by atoms with E-state index in [0.717, 1.165) is 12.8 Å². The van der Waals surface area contributed by atoms with Crippen LogP contribution in [0, 0.1) is 0 Å². The van der Waals surface area contributed by atoms with Crippen LogP contribution in [0.15, 0.2) is 12.7 Å². The van der Waals surface area contributed by atoms with Gasteiger partial charge in [0.1, 0.15) is 0 Å². The van der Waals surface area contributed by atoms with Crippen molar-refractivity contribution < 1.29 is 4.39 Å². The molecule has 0 saturated carbocycles. The Morgan fingerprint density at radius 3 is 1.38 bits per heavy atom. The molecule has 0 aliphatic rings. The van der Waals surface area contributed by atoms with Crippen LogP contribution in [0.3, 0.4) is 0 Å². The van der Waals surface area contributed by atoms with Crippen molar-refractivity contribution in [3.63, 3.8) is 0 Å². The molecule has 0 unspecified atom stereocenters. The van der Waals surface area contributed by atoms with Gasteiger partial charge in [0.25, 0.3) is 0 Å². The van der Waals surface area contributed by atoms with Crippen LogP contribution in [0.5, 0.6) is 0 Å². The minimum Gasteiger partial charge on any atom is -0.251 e. The third-order valence-electron chi connectivity index (χ3n) is 3.04. The summed E-state index contributed by atoms with van der Waals surface area (Å²) in [4.78, 5) is 0. The zero-order chi connectivity index (χ0) is 11.9. The van der Waals surface area contributed by atoms with Crippen LogP contribution >= 0.6 is 0 Å². The van der Waals surface area contributed by atoms with Gasteiger partial charge >= 0.3 is 0 Å². The first-order valence-corrected chi connectivity index (χ1v) is 7.08. The van der Waals surface area contributed by atoms with E-state index in [9.17, 15) is 4.39 Å². The topological polar surface area (TPSA) is 0 Å². The van der Waals surface area contributed by atoms with E-state index in [0.29, 0.717) is 0 Å². The lowest BCUT2D eigenvalue weighted by Gasteiger charge is -2.01. The summed E-state index contributed by atoms with van der Waals surface area (Å²) >= 11 is 0. The summed E-state index contributed by atoms with van der Waals surface area (Å²) in [5.74, 6) is 0. The fraction of sp³-hybridized carbons (Fsp3) is 0.867. The molecule has 0 amide bonds. The predicted octanol–water partition coefficient (Wildman–Crippen LogP) is 5.82. The first-order chi connectivity index (χ1) is 7.91. The summed E-state index contributed by atoms with van der Waals surface area (Å²) < 4.78 is 11.8. The SMILES string of the molecule is C=CCCCCCCCCCCCCCF. The molecule has 0 aliphatic heterocycles. The maximum Gasteiger partial charge on any atom is 0.0894 e. The third-order valence-corrected chi connectivity index (χ3v) is 3.04. The Labute approximate surface area is 101 Å². The standard InChI is InChI=1S/C15H29F/c1-2-3-4-5-6-7-8-9-10-11-12-13-14-15-16/h2H,1,3-15H2. The van der Waals surface area contributed by atoms with E-state index in [1.165, 1.54) is 64.2 Å². The Morgan fingerprint density at radius 1 is 0.625 bits per heavy atom. The van der Waals surface area contributed by atoms with Crippen LogP contribution in [0.1, 0.15) is 77.0 Å². The lowest BCUT2D eigenvalue weighted by atomic mass is 10.1. The number of hydrogen-bond donors (Lipinski definition) is 0. The van der Waals surface area contributed by atoms with Crippen molar-refractivity contribution in [1.82, 2.24) is 0 Å². The molecule has 0 fully saturated rings. The molecule has 0 saturated heterocycles. The summed E-state index contributed by atoms with van der Waals surface area (Å²) in [5.41, 5.74) is 0. The number of alkyl halides is 1. The van der Waals surface area contributed by atoms with Crippen LogP contribution in [-0.2, 0) is 0 Å². The van der Waals surface area contributed by atoms with Crippen molar-refractivity contribution >= 4 is 0 Å². The monoisotopic (exact) mass is 228 g/mol. The Bertz CT molecular complexity index is 131. The second-order valence-corrected chi connectivity index (χ2v) is 4.66. The van der Waals surface area contributed by atoms with Crippen molar-refractivity contribution in [2.75, 3.05) is 6.67 Å². The summed E-state index contributed by atoms with van der Waals surface area (Å²) in [6, 6.07) is 0. The summed E-state index contributed by atoms with van der Waals surface area (Å²) in [7, 11) is 0. The molecule has 0 aliphatic carbocycles. The number of rotatable bonds is 13. The summed E-state index contributed by atoms with van der Waals surface area (Å²) in [6.45, 7) is 3.59.